The van der Waals surface area contributed by atoms with Gasteiger partial charge >= 0.3 is 5.97 Å². The van der Waals surface area contributed by atoms with Gasteiger partial charge in [-0.05, 0) is 48.1 Å². The summed E-state index contributed by atoms with van der Waals surface area (Å²) in [5.74, 6) is -11.3. The molecule has 0 saturated carbocycles. The first-order valence-corrected chi connectivity index (χ1v) is 27.3. The number of nitrogens with two attached hydrogens (primary N) is 1. The molecule has 27 heteroatoms. The Morgan fingerprint density at radius 3 is 1.57 bits per heavy atom. The number of amides is 11. The number of rotatable bonds is 33. The van der Waals surface area contributed by atoms with E-state index >= 15 is 0 Å². The van der Waals surface area contributed by atoms with E-state index in [4.69, 9.17) is 5.73 Å². The van der Waals surface area contributed by atoms with Gasteiger partial charge in [-0.1, -0.05) is 93.6 Å². The summed E-state index contributed by atoms with van der Waals surface area (Å²) < 4.78 is 0. The van der Waals surface area contributed by atoms with Crippen molar-refractivity contribution in [2.24, 2.45) is 11.7 Å². The highest BCUT2D eigenvalue weighted by atomic mass is 32.1. The second-order valence-corrected chi connectivity index (χ2v) is 20.5. The van der Waals surface area contributed by atoms with E-state index in [1.807, 2.05) is 0 Å². The molecular formula is C56H77N11O15S. The molecule has 8 atom stereocenters. The molecule has 83 heavy (non-hydrogen) atoms. The third-order valence-electron chi connectivity index (χ3n) is 13.0. The largest absolute Gasteiger partial charge is 0.508 e. The fourth-order valence-corrected chi connectivity index (χ4v) is 8.61. The van der Waals surface area contributed by atoms with Crippen LogP contribution in [-0.2, 0) is 76.8 Å². The number of nitrogens with zero attached hydrogens (tertiary/aromatic N) is 3. The van der Waals surface area contributed by atoms with Gasteiger partial charge < -0.3 is 73.0 Å². The molecule has 3 aromatic carbocycles. The number of aliphatic hydroxyl groups excluding tert-OH is 1. The third-order valence-corrected chi connectivity index (χ3v) is 13.4. The molecule has 0 radical (unpaired) electrons. The van der Waals surface area contributed by atoms with Crippen molar-refractivity contribution in [3.8, 4) is 5.75 Å². The predicted molar refractivity (Wildman–Crippen MR) is 305 cm³/mol. The highest BCUT2D eigenvalue weighted by Gasteiger charge is 2.37. The second kappa shape index (κ2) is 34.0. The van der Waals surface area contributed by atoms with E-state index in [9.17, 15) is 72.9 Å². The Morgan fingerprint density at radius 1 is 0.554 bits per heavy atom. The third kappa shape index (κ3) is 23.1. The lowest BCUT2D eigenvalue weighted by molar-refractivity contribution is -0.147. The smallest absolute Gasteiger partial charge is 0.303 e. The van der Waals surface area contributed by atoms with Crippen molar-refractivity contribution >= 4 is 83.6 Å². The number of carboxylic acid groups (broad SMARTS) is 1. The van der Waals surface area contributed by atoms with E-state index in [2.05, 4.69) is 49.8 Å². The highest BCUT2D eigenvalue weighted by Crippen LogP contribution is 2.17. The van der Waals surface area contributed by atoms with Crippen LogP contribution >= 0.6 is 12.6 Å². The molecule has 0 aliphatic carbocycles. The minimum atomic E-state index is -1.65. The molecule has 3 aromatic rings. The van der Waals surface area contributed by atoms with Crippen LogP contribution in [0, 0.1) is 5.92 Å². The summed E-state index contributed by atoms with van der Waals surface area (Å²) in [5.41, 5.74) is 6.82. The molecule has 26 nitrogen and oxygen atoms in total. The van der Waals surface area contributed by atoms with Gasteiger partial charge in [0, 0.05) is 59.0 Å². The van der Waals surface area contributed by atoms with Gasteiger partial charge in [-0.15, -0.1) is 0 Å². The summed E-state index contributed by atoms with van der Waals surface area (Å²) in [6.45, 7) is 4.04. The molecule has 0 spiro atoms. The maximum Gasteiger partial charge on any atom is 0.303 e. The first-order valence-electron chi connectivity index (χ1n) is 26.6. The zero-order chi connectivity index (χ0) is 62.1. The maximum atomic E-state index is 14.8. The Morgan fingerprint density at radius 2 is 1.05 bits per heavy atom. The summed E-state index contributed by atoms with van der Waals surface area (Å²) in [4.78, 5) is 163. The lowest BCUT2D eigenvalue weighted by Gasteiger charge is -2.34. The van der Waals surface area contributed by atoms with Crippen LogP contribution in [0.25, 0.3) is 0 Å². The normalized spacial score (nSPS) is 13.8. The van der Waals surface area contributed by atoms with Crippen LogP contribution in [0.15, 0.2) is 84.9 Å². The topological polar surface area (TPSA) is 385 Å². The van der Waals surface area contributed by atoms with Gasteiger partial charge in [0.05, 0.1) is 25.7 Å². The lowest BCUT2D eigenvalue weighted by Crippen LogP contribution is -2.60. The quantitative estimate of drug-likeness (QED) is 0.0291. The van der Waals surface area contributed by atoms with Crippen LogP contribution in [0.3, 0.4) is 0 Å². The van der Waals surface area contributed by atoms with Crippen LogP contribution in [0.5, 0.6) is 5.75 Å². The summed E-state index contributed by atoms with van der Waals surface area (Å²) in [6.07, 6.45) is -2.77. The minimum absolute atomic E-state index is 0.0734. The monoisotopic (exact) mass is 1180 g/mol. The minimum Gasteiger partial charge on any atom is -0.508 e. The summed E-state index contributed by atoms with van der Waals surface area (Å²) in [7, 11) is 3.76. The molecule has 11 amide bonds. The van der Waals surface area contributed by atoms with Crippen LogP contribution in [-0.4, -0.2) is 196 Å². The number of likely N-dealkylation sites (N-methyl/N-ethyl adjacent to an activating group) is 3. The van der Waals surface area contributed by atoms with Crippen molar-refractivity contribution in [3.63, 3.8) is 0 Å². The number of aromatic hydroxyl groups is 1. The zero-order valence-corrected chi connectivity index (χ0v) is 48.4. The van der Waals surface area contributed by atoms with E-state index in [1.54, 1.807) is 81.4 Å². The van der Waals surface area contributed by atoms with Crippen LogP contribution in [0.2, 0.25) is 0 Å². The van der Waals surface area contributed by atoms with Crippen molar-refractivity contribution in [2.45, 2.75) is 115 Å². The average molecular weight is 1180 g/mol. The van der Waals surface area contributed by atoms with Gasteiger partial charge in [-0.25, -0.2) is 0 Å². The molecule has 0 fully saturated rings. The van der Waals surface area contributed by atoms with Crippen LogP contribution < -0.4 is 43.0 Å². The Labute approximate surface area is 486 Å². The number of aliphatic hydroxyl groups is 1. The summed E-state index contributed by atoms with van der Waals surface area (Å²) >= 11 is 4.06. The van der Waals surface area contributed by atoms with Crippen LogP contribution in [0.1, 0.15) is 63.6 Å². The van der Waals surface area contributed by atoms with Crippen molar-refractivity contribution in [1.29, 1.82) is 0 Å². The highest BCUT2D eigenvalue weighted by molar-refractivity contribution is 7.80. The van der Waals surface area contributed by atoms with E-state index in [1.165, 1.54) is 52.3 Å². The molecule has 3 rings (SSSR count). The number of hydrogen-bond donors (Lipinski definition) is 12. The van der Waals surface area contributed by atoms with Gasteiger partial charge in [0.25, 0.3) is 0 Å². The molecule has 0 unspecified atom stereocenters. The molecule has 12 N–H and O–H groups in total. The molecule has 0 aliphatic heterocycles. The summed E-state index contributed by atoms with van der Waals surface area (Å²) in [5, 5.41) is 47.6. The number of phenolic OH excluding ortho intramolecular Hbond substituents is 1. The number of aliphatic carboxylic acids is 1. The maximum absolute atomic E-state index is 14.8. The number of hydrogen-bond acceptors (Lipinski definition) is 15. The van der Waals surface area contributed by atoms with Gasteiger partial charge in [-0.2, -0.15) is 12.6 Å². The zero-order valence-electron chi connectivity index (χ0n) is 47.5. The van der Waals surface area contributed by atoms with Gasteiger partial charge in [-0.3, -0.25) is 57.5 Å². The standard InChI is InChI=1S/C56H77N11O15S/c1-8-44(71)59-39(25-34-15-11-9-12-16-34)51(77)64-48(32(2)3)52(78)61-38(23-24-47(74)75)54(80)65(5)29-45(72)60-40(26-36-19-21-37(69)22-20-36)55(81)67(7)42(27-35-17-13-10-14-18-35)56(82)66(6)30-46(73)63-49(33(4)68)53(79)62-41(31-83)50(76)58-28-43(57)70/h9-22,32-33,38-42,48-49,68-69,83H,8,23-31H2,1-7H3,(H2,57,70)(H,58,76)(H,59,71)(H,60,72)(H,61,78)(H,62,79)(H,63,73)(H,64,77)(H,74,75)/t33-,38+,39+,40+,41+,42+,48+,49+/m1/s1. The number of carbonyl (C=O) groups is 12. The lowest BCUT2D eigenvalue weighted by atomic mass is 10.00. The van der Waals surface area contributed by atoms with Crippen molar-refractivity contribution in [1.82, 2.24) is 51.9 Å². The molecule has 0 aliphatic rings. The average Bonchev–Trinajstić information content (AvgIpc) is 3.66. The number of benzene rings is 3. The molecule has 0 aromatic heterocycles. The van der Waals surface area contributed by atoms with Gasteiger partial charge in [0.2, 0.25) is 65.0 Å². The number of thiol groups is 1. The SMILES string of the molecule is CCC(=O)N[C@@H](Cc1ccccc1)C(=O)N[C@H](C(=O)N[C@@H](CCC(=O)O)C(=O)N(C)CC(=O)N[C@@H](Cc1ccc(O)cc1)C(=O)N(C)[C@@H](Cc1ccccc1)C(=O)N(C)CC(=O)N[C@H](C(=O)N[C@@H](CS)C(=O)NCC(N)=O)[C@@H](C)O)C(C)C. The van der Waals surface area contributed by atoms with Gasteiger partial charge in [0.1, 0.15) is 48.0 Å². The number of phenols is 1. The van der Waals surface area contributed by atoms with Crippen LogP contribution in [0.4, 0.5) is 0 Å². The number of nitrogens with one attached hydrogen (secondary N) is 7. The second-order valence-electron chi connectivity index (χ2n) is 20.1. The van der Waals surface area contributed by atoms with Crippen molar-refractivity contribution < 1.29 is 72.9 Å². The van der Waals surface area contributed by atoms with E-state index in [0.717, 1.165) is 20.3 Å². The van der Waals surface area contributed by atoms with Gasteiger partial charge in [0.15, 0.2) is 0 Å². The molecule has 0 saturated heterocycles. The predicted octanol–water partition coefficient (Wildman–Crippen LogP) is -2.08. The fraction of sp³-hybridized carbons (Fsp3) is 0.464. The molecule has 452 valence electrons. The Bertz CT molecular complexity index is 2740. The fourth-order valence-electron chi connectivity index (χ4n) is 8.35. The Balaban J connectivity index is 1.89. The number of carboxylic acids is 1. The van der Waals surface area contributed by atoms with Crippen molar-refractivity contribution in [2.75, 3.05) is 46.5 Å². The van der Waals surface area contributed by atoms with E-state index in [-0.39, 0.29) is 37.2 Å². The number of primary amides is 1. The van der Waals surface area contributed by atoms with E-state index in [0.29, 0.717) is 11.1 Å². The number of carbonyl (C=O) groups excluding carboxylic acids is 11. The molecule has 0 bridgehead atoms. The first kappa shape index (κ1) is 68.7. The Kier molecular flexibility index (Phi) is 28.1. The Hall–Kier alpha value is -8.59. The molecule has 0 heterocycles. The summed E-state index contributed by atoms with van der Waals surface area (Å²) in [6, 6.07) is 13.3. The first-order chi connectivity index (χ1) is 39.1. The van der Waals surface area contributed by atoms with Crippen molar-refractivity contribution in [3.05, 3.63) is 102 Å². The van der Waals surface area contributed by atoms with E-state index < -0.39 is 158 Å². The molecular weight excluding hydrogens is 1100 g/mol.